The van der Waals surface area contributed by atoms with Gasteiger partial charge >= 0.3 is 0 Å². The summed E-state index contributed by atoms with van der Waals surface area (Å²) in [5.41, 5.74) is 3.92. The number of aromatic hydroxyl groups is 1. The van der Waals surface area contributed by atoms with E-state index in [0.717, 1.165) is 11.1 Å². The molecule has 3 N–H and O–H groups in total. The van der Waals surface area contributed by atoms with E-state index in [1.54, 1.807) is 41.7 Å². The molecule has 4 aromatic rings. The molecular weight excluding hydrogens is 634 g/mol. The number of rotatable bonds is 9. The lowest BCUT2D eigenvalue weighted by Gasteiger charge is -2.37. The summed E-state index contributed by atoms with van der Waals surface area (Å²) in [5, 5.41) is 21.5. The fourth-order valence-corrected chi connectivity index (χ4v) is 7.14. The second kappa shape index (κ2) is 13.6. The van der Waals surface area contributed by atoms with Gasteiger partial charge in [0.15, 0.2) is 5.78 Å². The molecule has 0 radical (unpaired) electrons. The topological polar surface area (TPSA) is 108 Å². The third-order valence-electron chi connectivity index (χ3n) is 8.43. The maximum absolute atomic E-state index is 14.3. The van der Waals surface area contributed by atoms with Gasteiger partial charge in [-0.3, -0.25) is 19.3 Å². The molecule has 1 aromatic heterocycles. The summed E-state index contributed by atoms with van der Waals surface area (Å²) in [4.78, 5) is 42.7. The summed E-state index contributed by atoms with van der Waals surface area (Å²) >= 11 is 8.54. The number of hydrogen-bond acceptors (Lipinski definition) is 7. The van der Waals surface area contributed by atoms with Crippen LogP contribution >= 0.6 is 22.9 Å². The largest absolute Gasteiger partial charge is 0.506 e. The van der Waals surface area contributed by atoms with E-state index in [1.807, 2.05) is 61.0 Å². The molecule has 242 valence electrons. The summed E-state index contributed by atoms with van der Waals surface area (Å²) in [5.74, 6) is -0.293. The van der Waals surface area contributed by atoms with Gasteiger partial charge in [-0.2, -0.15) is 11.3 Å². The van der Waals surface area contributed by atoms with Gasteiger partial charge in [0.05, 0.1) is 11.7 Å². The van der Waals surface area contributed by atoms with Gasteiger partial charge in [-0.05, 0) is 69.6 Å². The molecule has 0 saturated carbocycles. The maximum Gasteiger partial charge on any atom is 0.228 e. The van der Waals surface area contributed by atoms with Crippen LogP contribution in [0.1, 0.15) is 62.3 Å². The fraction of sp³-hybridized carbons (Fsp3) is 0.270. The first-order valence-corrected chi connectivity index (χ1v) is 16.8. The molecule has 2 amide bonds. The van der Waals surface area contributed by atoms with E-state index in [4.69, 9.17) is 16.3 Å². The number of hydrogen-bond donors (Lipinski definition) is 3. The molecule has 1 aliphatic carbocycles. The molecule has 2 aliphatic rings. The van der Waals surface area contributed by atoms with Crippen LogP contribution in [0.25, 0.3) is 0 Å². The molecule has 3 aromatic carbocycles. The van der Waals surface area contributed by atoms with Crippen LogP contribution in [0.5, 0.6) is 11.5 Å². The number of carbonyl (C=O) groups excluding carboxylic acids is 3. The number of benzene rings is 3. The highest BCUT2D eigenvalue weighted by Gasteiger charge is 2.44. The summed E-state index contributed by atoms with van der Waals surface area (Å²) in [6, 6.07) is 21.0. The number of thiophene rings is 1. The number of carbonyl (C=O) groups is 3. The smallest absolute Gasteiger partial charge is 0.228 e. The molecule has 0 bridgehead atoms. The van der Waals surface area contributed by atoms with Gasteiger partial charge < -0.3 is 20.5 Å². The quantitative estimate of drug-likeness (QED) is 0.156. The number of halogens is 1. The van der Waals surface area contributed by atoms with Crippen LogP contribution in [0, 0.1) is 5.41 Å². The fourth-order valence-electron chi connectivity index (χ4n) is 6.20. The predicted octanol–water partition coefficient (Wildman–Crippen LogP) is 7.93. The molecule has 0 saturated heterocycles. The predicted molar refractivity (Wildman–Crippen MR) is 185 cm³/mol. The first-order valence-electron chi connectivity index (χ1n) is 15.5. The van der Waals surface area contributed by atoms with Crippen LogP contribution < -0.4 is 20.3 Å². The third kappa shape index (κ3) is 7.21. The van der Waals surface area contributed by atoms with Gasteiger partial charge in [0.2, 0.25) is 11.8 Å². The number of Topliss-reactive ketones (excluding diaryl/α,β-unsaturated/α-hetero) is 1. The average Bonchev–Trinajstić information content (AvgIpc) is 3.51. The Kier molecular flexibility index (Phi) is 9.38. The molecule has 8 nitrogen and oxygen atoms in total. The zero-order valence-corrected chi connectivity index (χ0v) is 27.8. The van der Waals surface area contributed by atoms with E-state index in [2.05, 4.69) is 10.6 Å². The third-order valence-corrected chi connectivity index (χ3v) is 9.49. The van der Waals surface area contributed by atoms with Gasteiger partial charge in [-0.1, -0.05) is 67.9 Å². The summed E-state index contributed by atoms with van der Waals surface area (Å²) < 4.78 is 6.02. The number of phenolic OH excluding ortho intramolecular Hbond substituents is 1. The van der Waals surface area contributed by atoms with Crippen molar-refractivity contribution in [2.45, 2.75) is 58.7 Å². The van der Waals surface area contributed by atoms with Crippen LogP contribution in [0.3, 0.4) is 0 Å². The standard InChI is InChI=1S/C37H36ClN3O5S/c1-37(2)18-28-34(31(43)19-37)36(26-12-11-25(17-27(26)38)46-21-23-7-4-3-5-8-23)41(29-9-6-10-30(42)35(29)40-28)33(45)14-13-32(44)39-20-24-15-16-47-22-24/h3-12,15-17,22,36,40,42H,13-14,18-21H2,1-2H3,(H,39,44). The van der Waals surface area contributed by atoms with Crippen LogP contribution in [-0.4, -0.2) is 22.7 Å². The molecule has 1 aliphatic heterocycles. The van der Waals surface area contributed by atoms with Crippen molar-refractivity contribution in [3.05, 3.63) is 117 Å². The lowest BCUT2D eigenvalue weighted by molar-refractivity contribution is -0.125. The summed E-state index contributed by atoms with van der Waals surface area (Å²) in [6.45, 7) is 4.76. The molecule has 1 unspecified atom stereocenters. The number of ketones is 1. The number of amides is 2. The van der Waals surface area contributed by atoms with Gasteiger partial charge in [0.1, 0.15) is 23.8 Å². The Morgan fingerprint density at radius 1 is 1.04 bits per heavy atom. The second-order valence-corrected chi connectivity index (χ2v) is 13.8. The SMILES string of the molecule is CC1(C)CC(=O)C2=C(C1)Nc1c(O)cccc1N(C(=O)CCC(=O)NCc1ccsc1)C2c1ccc(OCc2ccccc2)cc1Cl. The maximum atomic E-state index is 14.3. The highest BCUT2D eigenvalue weighted by atomic mass is 35.5. The van der Waals surface area contributed by atoms with E-state index >= 15 is 0 Å². The Hall–Kier alpha value is -4.60. The van der Waals surface area contributed by atoms with Crippen molar-refractivity contribution in [2.24, 2.45) is 5.41 Å². The molecule has 10 heteroatoms. The lowest BCUT2D eigenvalue weighted by atomic mass is 9.73. The van der Waals surface area contributed by atoms with Gasteiger partial charge in [0, 0.05) is 42.1 Å². The Morgan fingerprint density at radius 3 is 2.60 bits per heavy atom. The molecule has 6 rings (SSSR count). The van der Waals surface area contributed by atoms with Crippen LogP contribution in [-0.2, 0) is 27.5 Å². The molecule has 1 atom stereocenters. The van der Waals surface area contributed by atoms with E-state index in [-0.39, 0.29) is 48.0 Å². The van der Waals surface area contributed by atoms with Crippen LogP contribution in [0.2, 0.25) is 5.02 Å². The number of phenols is 1. The van der Waals surface area contributed by atoms with Crippen molar-refractivity contribution in [1.82, 2.24) is 5.32 Å². The summed E-state index contributed by atoms with van der Waals surface area (Å²) in [6.07, 6.45) is 0.608. The Morgan fingerprint density at radius 2 is 1.85 bits per heavy atom. The Balaban J connectivity index is 1.38. The number of para-hydroxylation sites is 1. The van der Waals surface area contributed by atoms with Crippen molar-refractivity contribution < 1.29 is 24.2 Å². The number of ether oxygens (including phenoxy) is 1. The number of nitrogens with zero attached hydrogens (tertiary/aromatic N) is 1. The van der Waals surface area contributed by atoms with Crippen molar-refractivity contribution >= 4 is 51.9 Å². The van der Waals surface area contributed by atoms with Gasteiger partial charge in [-0.15, -0.1) is 0 Å². The first-order chi connectivity index (χ1) is 22.6. The molecular formula is C37H36ClN3O5S. The van der Waals surface area contributed by atoms with Gasteiger partial charge in [-0.25, -0.2) is 0 Å². The average molecular weight is 670 g/mol. The Bertz CT molecular complexity index is 1840. The van der Waals surface area contributed by atoms with Gasteiger partial charge in [0.25, 0.3) is 0 Å². The van der Waals surface area contributed by atoms with E-state index in [1.165, 1.54) is 11.0 Å². The monoisotopic (exact) mass is 669 g/mol. The lowest BCUT2D eigenvalue weighted by Crippen LogP contribution is -2.40. The number of nitrogens with one attached hydrogen (secondary N) is 2. The van der Waals surface area contributed by atoms with Crippen LogP contribution in [0.4, 0.5) is 11.4 Å². The molecule has 0 spiro atoms. The van der Waals surface area contributed by atoms with Crippen molar-refractivity contribution in [1.29, 1.82) is 0 Å². The minimum absolute atomic E-state index is 0.0549. The Labute approximate surface area is 283 Å². The number of allylic oxidation sites excluding steroid dienone is 1. The molecule has 47 heavy (non-hydrogen) atoms. The van der Waals surface area contributed by atoms with E-state index in [9.17, 15) is 19.5 Å². The number of anilines is 2. The normalized spacial score (nSPS) is 16.9. The molecule has 0 fully saturated rings. The zero-order chi connectivity index (χ0) is 33.1. The van der Waals surface area contributed by atoms with Crippen molar-refractivity contribution in [3.8, 4) is 11.5 Å². The minimum Gasteiger partial charge on any atom is -0.506 e. The van der Waals surface area contributed by atoms with E-state index < -0.39 is 6.04 Å². The zero-order valence-electron chi connectivity index (χ0n) is 26.2. The van der Waals surface area contributed by atoms with E-state index in [0.29, 0.717) is 58.6 Å². The highest BCUT2D eigenvalue weighted by Crippen LogP contribution is 2.51. The van der Waals surface area contributed by atoms with Crippen LogP contribution in [0.15, 0.2) is 94.8 Å². The molecule has 2 heterocycles. The van der Waals surface area contributed by atoms with Crippen molar-refractivity contribution in [2.75, 3.05) is 10.2 Å². The second-order valence-electron chi connectivity index (χ2n) is 12.7. The van der Waals surface area contributed by atoms with Crippen molar-refractivity contribution in [3.63, 3.8) is 0 Å². The summed E-state index contributed by atoms with van der Waals surface area (Å²) in [7, 11) is 0. The minimum atomic E-state index is -0.916. The first kappa shape index (κ1) is 32.3. The number of fused-ring (bicyclic) bond motifs is 1. The highest BCUT2D eigenvalue weighted by molar-refractivity contribution is 7.07.